The minimum atomic E-state index is -3.90. The summed E-state index contributed by atoms with van der Waals surface area (Å²) in [5.41, 5.74) is 0.664. The molecular formula is C22H25N3O4S2. The van der Waals surface area contributed by atoms with Crippen molar-refractivity contribution in [1.29, 1.82) is 0 Å². The molecule has 0 aliphatic carbocycles. The van der Waals surface area contributed by atoms with Gasteiger partial charge in [0.1, 0.15) is 4.90 Å². The van der Waals surface area contributed by atoms with E-state index in [0.29, 0.717) is 30.4 Å². The molecule has 2 aromatic carbocycles. The van der Waals surface area contributed by atoms with Crippen LogP contribution in [0.3, 0.4) is 0 Å². The lowest BCUT2D eigenvalue weighted by molar-refractivity contribution is 0.222. The van der Waals surface area contributed by atoms with E-state index < -0.39 is 20.0 Å². The van der Waals surface area contributed by atoms with Gasteiger partial charge in [0.05, 0.1) is 10.4 Å². The molecule has 1 aromatic heterocycles. The van der Waals surface area contributed by atoms with Crippen molar-refractivity contribution < 1.29 is 16.8 Å². The fraction of sp³-hybridized carbons (Fsp3) is 0.318. The third-order valence-electron chi connectivity index (χ3n) is 5.46. The largest absolute Gasteiger partial charge is 0.280 e. The standard InChI is InChI=1S/C22H25N3O4S2/c1-16-13-17(2)15-25(14-16)31(28,29)20-10-8-19(9-11-20)24-30(26,27)21-7-3-5-18-6-4-12-23-22(18)21/h3-12,16-17,24H,13-15H2,1-2H3. The Morgan fingerprint density at radius 2 is 1.55 bits per heavy atom. The number of piperidine rings is 1. The molecule has 164 valence electrons. The van der Waals surface area contributed by atoms with E-state index in [0.717, 1.165) is 11.8 Å². The summed E-state index contributed by atoms with van der Waals surface area (Å²) in [5, 5.41) is 0.719. The summed E-state index contributed by atoms with van der Waals surface area (Å²) in [6.07, 6.45) is 2.55. The first-order valence-corrected chi connectivity index (χ1v) is 13.1. The first-order chi connectivity index (χ1) is 14.7. The number of aromatic nitrogens is 1. The zero-order valence-corrected chi connectivity index (χ0v) is 19.0. The van der Waals surface area contributed by atoms with Crippen LogP contribution in [0.1, 0.15) is 20.3 Å². The lowest BCUT2D eigenvalue weighted by atomic mass is 9.94. The Morgan fingerprint density at radius 1 is 0.903 bits per heavy atom. The van der Waals surface area contributed by atoms with Gasteiger partial charge in [-0.05, 0) is 54.7 Å². The van der Waals surface area contributed by atoms with Crippen molar-refractivity contribution in [2.45, 2.75) is 30.1 Å². The summed E-state index contributed by atoms with van der Waals surface area (Å²) in [7, 11) is -7.52. The van der Waals surface area contributed by atoms with Gasteiger partial charge in [-0.3, -0.25) is 9.71 Å². The highest BCUT2D eigenvalue weighted by atomic mass is 32.2. The topological polar surface area (TPSA) is 96.4 Å². The highest BCUT2D eigenvalue weighted by molar-refractivity contribution is 7.93. The van der Waals surface area contributed by atoms with Gasteiger partial charge >= 0.3 is 0 Å². The molecule has 1 aliphatic rings. The van der Waals surface area contributed by atoms with E-state index in [4.69, 9.17) is 0 Å². The second-order valence-electron chi connectivity index (χ2n) is 8.23. The van der Waals surface area contributed by atoms with Gasteiger partial charge in [0.15, 0.2) is 0 Å². The van der Waals surface area contributed by atoms with Crippen molar-refractivity contribution in [1.82, 2.24) is 9.29 Å². The molecule has 4 rings (SSSR count). The van der Waals surface area contributed by atoms with E-state index in [1.165, 1.54) is 34.6 Å². The van der Waals surface area contributed by atoms with Crippen molar-refractivity contribution in [2.75, 3.05) is 17.8 Å². The van der Waals surface area contributed by atoms with E-state index in [1.54, 1.807) is 30.5 Å². The SMILES string of the molecule is CC1CC(C)CN(S(=O)(=O)c2ccc(NS(=O)(=O)c3cccc4cccnc34)cc2)C1. The van der Waals surface area contributed by atoms with E-state index in [-0.39, 0.29) is 15.5 Å². The number of sulfonamides is 2. The Bertz CT molecular complexity index is 1290. The molecule has 3 aromatic rings. The number of hydrogen-bond donors (Lipinski definition) is 1. The van der Waals surface area contributed by atoms with Crippen molar-refractivity contribution in [3.05, 3.63) is 60.8 Å². The number of anilines is 1. The molecule has 0 amide bonds. The highest BCUT2D eigenvalue weighted by Gasteiger charge is 2.31. The van der Waals surface area contributed by atoms with Crippen LogP contribution >= 0.6 is 0 Å². The first-order valence-electron chi connectivity index (χ1n) is 10.1. The number of nitrogens with zero attached hydrogens (tertiary/aromatic N) is 2. The molecule has 1 saturated heterocycles. The second kappa shape index (κ2) is 8.22. The minimum absolute atomic E-state index is 0.0681. The smallest absolute Gasteiger partial charge is 0.264 e. The van der Waals surface area contributed by atoms with Crippen LogP contribution in [0.2, 0.25) is 0 Å². The van der Waals surface area contributed by atoms with Gasteiger partial charge in [-0.1, -0.05) is 32.0 Å². The molecule has 2 unspecified atom stereocenters. The maximum atomic E-state index is 13.0. The highest BCUT2D eigenvalue weighted by Crippen LogP contribution is 2.28. The zero-order chi connectivity index (χ0) is 22.2. The van der Waals surface area contributed by atoms with Gasteiger partial charge in [-0.15, -0.1) is 0 Å². The van der Waals surface area contributed by atoms with E-state index in [9.17, 15) is 16.8 Å². The fourth-order valence-electron chi connectivity index (χ4n) is 4.15. The van der Waals surface area contributed by atoms with Crippen molar-refractivity contribution >= 4 is 36.6 Å². The number of pyridine rings is 1. The van der Waals surface area contributed by atoms with Gasteiger partial charge in [0.2, 0.25) is 10.0 Å². The minimum Gasteiger partial charge on any atom is -0.280 e. The quantitative estimate of drug-likeness (QED) is 0.628. The van der Waals surface area contributed by atoms with Gasteiger partial charge in [-0.25, -0.2) is 16.8 Å². The number of benzene rings is 2. The van der Waals surface area contributed by atoms with Crippen LogP contribution < -0.4 is 4.72 Å². The third kappa shape index (κ3) is 4.44. The number of nitrogens with one attached hydrogen (secondary N) is 1. The molecule has 1 aliphatic heterocycles. The van der Waals surface area contributed by atoms with Crippen LogP contribution in [0.4, 0.5) is 5.69 Å². The molecule has 31 heavy (non-hydrogen) atoms. The van der Waals surface area contributed by atoms with Crippen LogP contribution in [0.25, 0.3) is 10.9 Å². The van der Waals surface area contributed by atoms with Crippen LogP contribution in [-0.2, 0) is 20.0 Å². The van der Waals surface area contributed by atoms with Crippen LogP contribution in [0, 0.1) is 11.8 Å². The molecule has 1 fully saturated rings. The van der Waals surface area contributed by atoms with Crippen molar-refractivity contribution in [2.24, 2.45) is 11.8 Å². The van der Waals surface area contributed by atoms with Crippen LogP contribution in [-0.4, -0.2) is 39.2 Å². The maximum Gasteiger partial charge on any atom is 0.264 e. The summed E-state index contributed by atoms with van der Waals surface area (Å²) in [6.45, 7) is 5.10. The zero-order valence-electron chi connectivity index (χ0n) is 17.4. The number of hydrogen-bond acceptors (Lipinski definition) is 5. The van der Waals surface area contributed by atoms with Gasteiger partial charge in [-0.2, -0.15) is 4.31 Å². The molecule has 0 radical (unpaired) electrons. The summed E-state index contributed by atoms with van der Waals surface area (Å²) in [6, 6.07) is 14.3. The number of rotatable bonds is 5. The molecule has 2 atom stereocenters. The second-order valence-corrected chi connectivity index (χ2v) is 11.8. The van der Waals surface area contributed by atoms with Crippen LogP contribution in [0.5, 0.6) is 0 Å². The summed E-state index contributed by atoms with van der Waals surface area (Å²) in [4.78, 5) is 4.42. The Hall–Kier alpha value is -2.49. The van der Waals surface area contributed by atoms with Gasteiger partial charge < -0.3 is 0 Å². The number of para-hydroxylation sites is 1. The molecule has 1 N–H and O–H groups in total. The van der Waals surface area contributed by atoms with Gasteiger partial charge in [0, 0.05) is 30.4 Å². The lowest BCUT2D eigenvalue weighted by Gasteiger charge is -2.34. The predicted molar refractivity (Wildman–Crippen MR) is 121 cm³/mol. The summed E-state index contributed by atoms with van der Waals surface area (Å²) in [5.74, 6) is 0.609. The Kier molecular flexibility index (Phi) is 5.76. The van der Waals surface area contributed by atoms with Crippen molar-refractivity contribution in [3.8, 4) is 0 Å². The molecule has 7 nitrogen and oxygen atoms in total. The van der Waals surface area contributed by atoms with Crippen LogP contribution in [0.15, 0.2) is 70.6 Å². The fourth-order valence-corrected chi connectivity index (χ4v) is 7.07. The molecule has 2 heterocycles. The molecule has 0 spiro atoms. The third-order valence-corrected chi connectivity index (χ3v) is 8.72. The van der Waals surface area contributed by atoms with E-state index in [2.05, 4.69) is 23.6 Å². The molecule has 0 saturated carbocycles. The van der Waals surface area contributed by atoms with Gasteiger partial charge in [0.25, 0.3) is 10.0 Å². The van der Waals surface area contributed by atoms with Crippen molar-refractivity contribution in [3.63, 3.8) is 0 Å². The number of fused-ring (bicyclic) bond motifs is 1. The summed E-state index contributed by atoms with van der Waals surface area (Å²) < 4.78 is 56.0. The maximum absolute atomic E-state index is 13.0. The average Bonchev–Trinajstić information content (AvgIpc) is 2.73. The van der Waals surface area contributed by atoms with E-state index in [1.807, 2.05) is 0 Å². The normalized spacial score (nSPS) is 20.6. The predicted octanol–water partition coefficient (Wildman–Crippen LogP) is 3.70. The average molecular weight is 460 g/mol. The lowest BCUT2D eigenvalue weighted by Crippen LogP contribution is -2.42. The molecule has 9 heteroatoms. The Labute approximate surface area is 183 Å². The molecular weight excluding hydrogens is 434 g/mol. The first kappa shape index (κ1) is 21.7. The Balaban J connectivity index is 1.58. The Morgan fingerprint density at radius 3 is 2.23 bits per heavy atom. The monoisotopic (exact) mass is 459 g/mol. The summed E-state index contributed by atoms with van der Waals surface area (Å²) >= 11 is 0. The van der Waals surface area contributed by atoms with E-state index >= 15 is 0 Å². The molecule has 0 bridgehead atoms.